The number of fused-ring (bicyclic) bond motifs is 1. The highest BCUT2D eigenvalue weighted by atomic mass is 35.5. The predicted molar refractivity (Wildman–Crippen MR) is 135 cm³/mol. The standard InChI is InChI=1S/C26H31ClF3N5O2/c1-14(17-11-18(26(28,29)30)13-19(31)12-17)33-24-20-9-15(10-21(20)34-25(27)35-24)5-6-22(36)16-3-2-4-23(37)32-8-7-16/h11-16H,2-10,31H2,1H3,(H,32,37)(H,33,34,35)/t14-,15?,16?/m1/s1. The molecule has 1 amide bonds. The molecule has 4 N–H and O–H groups in total. The van der Waals surface area contributed by atoms with E-state index >= 15 is 0 Å². The van der Waals surface area contributed by atoms with Crippen LogP contribution in [0.5, 0.6) is 0 Å². The van der Waals surface area contributed by atoms with Crippen LogP contribution in [0.2, 0.25) is 5.28 Å². The van der Waals surface area contributed by atoms with Gasteiger partial charge in [-0.1, -0.05) is 0 Å². The lowest BCUT2D eigenvalue weighted by atomic mass is 9.88. The lowest BCUT2D eigenvalue weighted by Gasteiger charge is -2.20. The van der Waals surface area contributed by atoms with Gasteiger partial charge in [0.25, 0.3) is 0 Å². The molecule has 1 aliphatic carbocycles. The average Bonchev–Trinajstić information content (AvgIpc) is 3.21. The summed E-state index contributed by atoms with van der Waals surface area (Å²) in [5.74, 6) is 0.926. The number of alkyl halides is 3. The third-order valence-electron chi connectivity index (χ3n) is 7.22. The molecule has 0 radical (unpaired) electrons. The van der Waals surface area contributed by atoms with Gasteiger partial charge in [-0.05, 0) is 86.7 Å². The summed E-state index contributed by atoms with van der Waals surface area (Å²) in [5, 5.41) is 6.10. The number of anilines is 2. The topological polar surface area (TPSA) is 110 Å². The van der Waals surface area contributed by atoms with Crippen molar-refractivity contribution in [2.24, 2.45) is 11.8 Å². The summed E-state index contributed by atoms with van der Waals surface area (Å²) >= 11 is 6.17. The van der Waals surface area contributed by atoms with E-state index in [0.29, 0.717) is 56.5 Å². The molecule has 2 aromatic rings. The number of hydrogen-bond donors (Lipinski definition) is 3. The van der Waals surface area contributed by atoms with Crippen molar-refractivity contribution in [2.75, 3.05) is 17.6 Å². The van der Waals surface area contributed by atoms with Crippen LogP contribution in [0.4, 0.5) is 24.7 Å². The molecule has 2 unspecified atom stereocenters. The van der Waals surface area contributed by atoms with E-state index < -0.39 is 17.8 Å². The van der Waals surface area contributed by atoms with E-state index in [0.717, 1.165) is 36.2 Å². The number of ketones is 1. The lowest BCUT2D eigenvalue weighted by Crippen LogP contribution is -2.30. The van der Waals surface area contributed by atoms with Crippen LogP contribution in [0.1, 0.15) is 73.9 Å². The number of halogens is 4. The lowest BCUT2D eigenvalue weighted by molar-refractivity contribution is -0.137. The maximum atomic E-state index is 13.3. The Morgan fingerprint density at radius 2 is 2.03 bits per heavy atom. The number of Topliss-reactive ketones (excluding diaryl/α,β-unsaturated/α-hetero) is 1. The number of hydrogen-bond acceptors (Lipinski definition) is 6. The van der Waals surface area contributed by atoms with Crippen LogP contribution < -0.4 is 16.4 Å². The normalized spacial score (nSPS) is 20.9. The monoisotopic (exact) mass is 537 g/mol. The van der Waals surface area contributed by atoms with Crippen molar-refractivity contribution in [3.8, 4) is 0 Å². The number of nitrogen functional groups attached to an aromatic ring is 1. The van der Waals surface area contributed by atoms with E-state index in [1.807, 2.05) is 0 Å². The van der Waals surface area contributed by atoms with E-state index in [-0.39, 0.29) is 34.5 Å². The Bertz CT molecular complexity index is 1160. The molecule has 7 nitrogen and oxygen atoms in total. The molecule has 0 saturated carbocycles. The zero-order valence-corrected chi connectivity index (χ0v) is 21.4. The zero-order valence-electron chi connectivity index (χ0n) is 20.6. The van der Waals surface area contributed by atoms with Crippen molar-refractivity contribution in [3.63, 3.8) is 0 Å². The first-order chi connectivity index (χ1) is 17.5. The first-order valence-electron chi connectivity index (χ1n) is 12.6. The van der Waals surface area contributed by atoms with Gasteiger partial charge < -0.3 is 16.4 Å². The SMILES string of the molecule is C[C@@H](Nc1nc(Cl)nc2c1CC(CCC(=O)C1CCCC(=O)NCC1)C2)c1cc(N)cc(C(F)(F)F)c1. The van der Waals surface area contributed by atoms with Gasteiger partial charge >= 0.3 is 6.18 Å². The summed E-state index contributed by atoms with van der Waals surface area (Å²) < 4.78 is 39.8. The zero-order chi connectivity index (χ0) is 26.7. The second-order valence-electron chi connectivity index (χ2n) is 10.0. The van der Waals surface area contributed by atoms with Gasteiger partial charge in [0.1, 0.15) is 11.6 Å². The number of carbonyl (C=O) groups is 2. The van der Waals surface area contributed by atoms with Crippen LogP contribution >= 0.6 is 11.6 Å². The van der Waals surface area contributed by atoms with Gasteiger partial charge in [-0.15, -0.1) is 0 Å². The summed E-state index contributed by atoms with van der Waals surface area (Å²) in [7, 11) is 0. The number of amides is 1. The van der Waals surface area contributed by atoms with Gasteiger partial charge in [0.05, 0.1) is 17.3 Å². The molecular weight excluding hydrogens is 507 g/mol. The van der Waals surface area contributed by atoms with E-state index in [9.17, 15) is 22.8 Å². The maximum absolute atomic E-state index is 13.3. The number of nitrogens with two attached hydrogens (primary N) is 1. The van der Waals surface area contributed by atoms with Gasteiger partial charge in [-0.3, -0.25) is 9.59 Å². The molecule has 11 heteroatoms. The van der Waals surface area contributed by atoms with Crippen LogP contribution in [0, 0.1) is 11.8 Å². The molecule has 0 spiro atoms. The molecule has 3 atom stereocenters. The molecular formula is C26H31ClF3N5O2. The smallest absolute Gasteiger partial charge is 0.399 e. The van der Waals surface area contributed by atoms with Crippen molar-refractivity contribution in [1.29, 1.82) is 0 Å². The fourth-order valence-corrected chi connectivity index (χ4v) is 5.41. The van der Waals surface area contributed by atoms with E-state index in [1.165, 1.54) is 6.07 Å². The van der Waals surface area contributed by atoms with E-state index in [2.05, 4.69) is 20.6 Å². The Morgan fingerprint density at radius 3 is 2.78 bits per heavy atom. The molecule has 1 aliphatic heterocycles. The highest BCUT2D eigenvalue weighted by molar-refractivity contribution is 6.28. The molecule has 0 bridgehead atoms. The van der Waals surface area contributed by atoms with Crippen LogP contribution in [0.15, 0.2) is 18.2 Å². The minimum atomic E-state index is -4.50. The van der Waals surface area contributed by atoms with Crippen molar-refractivity contribution in [3.05, 3.63) is 45.9 Å². The number of rotatable bonds is 7. The minimum Gasteiger partial charge on any atom is -0.399 e. The Balaban J connectivity index is 1.41. The number of carbonyl (C=O) groups excluding carboxylic acids is 2. The Kier molecular flexibility index (Phi) is 8.26. The van der Waals surface area contributed by atoms with E-state index in [4.69, 9.17) is 17.3 Å². The molecule has 1 aromatic carbocycles. The minimum absolute atomic E-state index is 0.0285. The quantitative estimate of drug-likeness (QED) is 0.328. The Morgan fingerprint density at radius 1 is 1.24 bits per heavy atom. The molecule has 2 heterocycles. The van der Waals surface area contributed by atoms with E-state index in [1.54, 1.807) is 6.92 Å². The van der Waals surface area contributed by atoms with Crippen molar-refractivity contribution in [1.82, 2.24) is 15.3 Å². The second-order valence-corrected chi connectivity index (χ2v) is 10.4. The highest BCUT2D eigenvalue weighted by Gasteiger charge is 2.32. The highest BCUT2D eigenvalue weighted by Crippen LogP contribution is 2.37. The Labute approximate surface area is 218 Å². The summed E-state index contributed by atoms with van der Waals surface area (Å²) in [6, 6.07) is 2.98. The maximum Gasteiger partial charge on any atom is 0.416 e. The average molecular weight is 538 g/mol. The number of nitrogens with zero attached hydrogens (tertiary/aromatic N) is 2. The fraction of sp³-hybridized carbons (Fsp3) is 0.538. The summed E-state index contributed by atoms with van der Waals surface area (Å²) in [6.07, 6.45) is 0.560. The molecule has 1 fully saturated rings. The third kappa shape index (κ3) is 6.91. The van der Waals surface area contributed by atoms with Crippen LogP contribution in [-0.4, -0.2) is 28.2 Å². The van der Waals surface area contributed by atoms with Crippen LogP contribution in [-0.2, 0) is 28.6 Å². The first-order valence-corrected chi connectivity index (χ1v) is 13.0. The molecule has 4 rings (SSSR count). The number of nitrogens with one attached hydrogen (secondary N) is 2. The summed E-state index contributed by atoms with van der Waals surface area (Å²) in [6.45, 7) is 2.27. The molecule has 1 saturated heterocycles. The second kappa shape index (κ2) is 11.2. The van der Waals surface area contributed by atoms with Crippen molar-refractivity contribution in [2.45, 2.75) is 70.5 Å². The van der Waals surface area contributed by atoms with Gasteiger partial charge in [0.2, 0.25) is 11.2 Å². The van der Waals surface area contributed by atoms with Crippen LogP contribution in [0.25, 0.3) is 0 Å². The van der Waals surface area contributed by atoms with Gasteiger partial charge in [0, 0.05) is 36.6 Å². The summed E-state index contributed by atoms with van der Waals surface area (Å²) in [5.41, 5.74) is 7.01. The van der Waals surface area contributed by atoms with Crippen LogP contribution in [0.3, 0.4) is 0 Å². The number of benzene rings is 1. The van der Waals surface area contributed by atoms with Crippen molar-refractivity contribution >= 4 is 34.8 Å². The Hall–Kier alpha value is -2.88. The van der Waals surface area contributed by atoms with Gasteiger partial charge in [0.15, 0.2) is 0 Å². The molecule has 200 valence electrons. The summed E-state index contributed by atoms with van der Waals surface area (Å²) in [4.78, 5) is 33.1. The van der Waals surface area contributed by atoms with Crippen molar-refractivity contribution < 1.29 is 22.8 Å². The predicted octanol–water partition coefficient (Wildman–Crippen LogP) is 5.27. The molecule has 2 aliphatic rings. The third-order valence-corrected chi connectivity index (χ3v) is 7.39. The largest absolute Gasteiger partial charge is 0.416 e. The fourth-order valence-electron chi connectivity index (χ4n) is 5.22. The van der Waals surface area contributed by atoms with Gasteiger partial charge in [-0.2, -0.15) is 13.2 Å². The number of aromatic nitrogens is 2. The van der Waals surface area contributed by atoms with Gasteiger partial charge in [-0.25, -0.2) is 9.97 Å². The molecule has 37 heavy (non-hydrogen) atoms. The molecule has 1 aromatic heterocycles. The first kappa shape index (κ1) is 27.2.